The molecule has 0 radical (unpaired) electrons. The van der Waals surface area contributed by atoms with Crippen LogP contribution in [0.3, 0.4) is 0 Å². The Labute approximate surface area is 195 Å². The van der Waals surface area contributed by atoms with Crippen molar-refractivity contribution in [3.8, 4) is 0 Å². The number of carbonyl (C=O) groups excluding carboxylic acids is 2. The molecule has 2 heterocycles. The maximum absolute atomic E-state index is 13.5. The van der Waals surface area contributed by atoms with Crippen LogP contribution in [0.4, 0.5) is 32.0 Å². The fourth-order valence-electron chi connectivity index (χ4n) is 4.18. The van der Waals surface area contributed by atoms with E-state index in [1.165, 1.54) is 43.7 Å². The standard InChI is InChI=1S/C24H17F6N3O2/c1-33-20(13-9-14(23(25,26)27)11-15(10-13)24(28,29)30)19(17-6-2-3-7-18(17)22(33)35)21(34)32-16-5-4-8-31-12-16/h2-12,19-20H,1H3,(H,32,34). The topological polar surface area (TPSA) is 62.3 Å². The van der Waals surface area contributed by atoms with Gasteiger partial charge in [-0.25, -0.2) is 0 Å². The van der Waals surface area contributed by atoms with Crippen LogP contribution in [0.2, 0.25) is 0 Å². The SMILES string of the molecule is CN1C(=O)c2ccccc2C(C(=O)Nc2cccnc2)C1c1cc(C(F)(F)F)cc(C(F)(F)F)c1. The lowest BCUT2D eigenvalue weighted by atomic mass is 9.78. The molecule has 1 aromatic heterocycles. The molecule has 1 aliphatic rings. The summed E-state index contributed by atoms with van der Waals surface area (Å²) in [4.78, 5) is 31.3. The number of nitrogens with one attached hydrogen (secondary N) is 1. The second-order valence-electron chi connectivity index (χ2n) is 8.00. The number of amides is 2. The summed E-state index contributed by atoms with van der Waals surface area (Å²) in [6, 6.07) is 8.70. The Morgan fingerprint density at radius 3 is 2.14 bits per heavy atom. The quantitative estimate of drug-likeness (QED) is 0.479. The number of carbonyl (C=O) groups is 2. The summed E-state index contributed by atoms with van der Waals surface area (Å²) in [5.41, 5.74) is -2.95. The van der Waals surface area contributed by atoms with Gasteiger partial charge in [-0.1, -0.05) is 18.2 Å². The zero-order valence-electron chi connectivity index (χ0n) is 18.0. The minimum absolute atomic E-state index is 0.00676. The Bertz CT molecular complexity index is 1240. The Kier molecular flexibility index (Phi) is 6.04. The fraction of sp³-hybridized carbons (Fsp3) is 0.208. The van der Waals surface area contributed by atoms with Crippen LogP contribution in [-0.2, 0) is 17.1 Å². The van der Waals surface area contributed by atoms with Crippen molar-refractivity contribution >= 4 is 17.5 Å². The zero-order chi connectivity index (χ0) is 25.5. The monoisotopic (exact) mass is 493 g/mol. The lowest BCUT2D eigenvalue weighted by molar-refractivity contribution is -0.143. The molecule has 0 saturated heterocycles. The van der Waals surface area contributed by atoms with E-state index >= 15 is 0 Å². The van der Waals surface area contributed by atoms with Gasteiger partial charge in [-0.15, -0.1) is 0 Å². The normalized spacial score (nSPS) is 18.3. The van der Waals surface area contributed by atoms with Gasteiger partial charge in [-0.2, -0.15) is 26.3 Å². The van der Waals surface area contributed by atoms with Crippen molar-refractivity contribution in [2.24, 2.45) is 0 Å². The third-order valence-electron chi connectivity index (χ3n) is 5.74. The molecule has 4 rings (SSSR count). The van der Waals surface area contributed by atoms with E-state index in [-0.39, 0.29) is 22.9 Å². The van der Waals surface area contributed by atoms with Gasteiger partial charge in [0.2, 0.25) is 5.91 Å². The molecule has 5 nitrogen and oxygen atoms in total. The number of hydrogen-bond donors (Lipinski definition) is 1. The summed E-state index contributed by atoms with van der Waals surface area (Å²) in [6.07, 6.45) is -7.37. The highest BCUT2D eigenvalue weighted by molar-refractivity contribution is 6.04. The van der Waals surface area contributed by atoms with E-state index in [0.717, 1.165) is 4.90 Å². The van der Waals surface area contributed by atoms with Crippen LogP contribution in [0.5, 0.6) is 0 Å². The van der Waals surface area contributed by atoms with E-state index in [9.17, 15) is 35.9 Å². The van der Waals surface area contributed by atoms with Crippen molar-refractivity contribution in [1.82, 2.24) is 9.88 Å². The average Bonchev–Trinajstić information content (AvgIpc) is 2.80. The fourth-order valence-corrected chi connectivity index (χ4v) is 4.18. The van der Waals surface area contributed by atoms with Crippen LogP contribution < -0.4 is 5.32 Å². The molecule has 1 N–H and O–H groups in total. The molecule has 2 unspecified atom stereocenters. The Hall–Kier alpha value is -3.89. The van der Waals surface area contributed by atoms with Gasteiger partial charge in [0.05, 0.1) is 35.0 Å². The van der Waals surface area contributed by atoms with Crippen LogP contribution in [0.1, 0.15) is 44.6 Å². The van der Waals surface area contributed by atoms with Crippen molar-refractivity contribution in [3.05, 3.63) is 94.8 Å². The molecule has 2 atom stereocenters. The van der Waals surface area contributed by atoms with Gasteiger partial charge in [-0.3, -0.25) is 14.6 Å². The van der Waals surface area contributed by atoms with Crippen LogP contribution in [-0.4, -0.2) is 28.7 Å². The highest BCUT2D eigenvalue weighted by Crippen LogP contribution is 2.45. The molecule has 182 valence electrons. The van der Waals surface area contributed by atoms with Crippen LogP contribution in [0.25, 0.3) is 0 Å². The average molecular weight is 493 g/mol. The molecule has 1 aliphatic heterocycles. The minimum atomic E-state index is -5.08. The summed E-state index contributed by atoms with van der Waals surface area (Å²) in [5.74, 6) is -2.67. The second kappa shape index (κ2) is 8.71. The lowest BCUT2D eigenvalue weighted by Crippen LogP contribution is -2.44. The van der Waals surface area contributed by atoms with Gasteiger partial charge in [0.25, 0.3) is 5.91 Å². The smallest absolute Gasteiger partial charge is 0.334 e. The first-order valence-electron chi connectivity index (χ1n) is 10.2. The third-order valence-corrected chi connectivity index (χ3v) is 5.74. The Balaban J connectivity index is 1.92. The van der Waals surface area contributed by atoms with E-state index in [2.05, 4.69) is 10.3 Å². The molecular formula is C24H17F6N3O2. The number of hydrogen-bond acceptors (Lipinski definition) is 3. The number of likely N-dealkylation sites (N-methyl/N-ethyl adjacent to an activating group) is 1. The molecule has 0 aliphatic carbocycles. The van der Waals surface area contributed by atoms with Crippen LogP contribution in [0.15, 0.2) is 67.0 Å². The highest BCUT2D eigenvalue weighted by Gasteiger charge is 2.45. The summed E-state index contributed by atoms with van der Waals surface area (Å²) in [5, 5.41) is 2.59. The molecule has 2 amide bonds. The number of anilines is 1. The molecule has 35 heavy (non-hydrogen) atoms. The molecule has 0 saturated carbocycles. The first-order chi connectivity index (χ1) is 16.4. The maximum Gasteiger partial charge on any atom is 0.416 e. The van der Waals surface area contributed by atoms with Gasteiger partial charge < -0.3 is 10.2 Å². The van der Waals surface area contributed by atoms with Gasteiger partial charge in [0.1, 0.15) is 0 Å². The van der Waals surface area contributed by atoms with Crippen molar-refractivity contribution in [2.75, 3.05) is 12.4 Å². The van der Waals surface area contributed by atoms with E-state index in [0.29, 0.717) is 12.1 Å². The lowest BCUT2D eigenvalue weighted by Gasteiger charge is -2.40. The van der Waals surface area contributed by atoms with Crippen molar-refractivity contribution in [1.29, 1.82) is 0 Å². The van der Waals surface area contributed by atoms with Gasteiger partial charge in [0.15, 0.2) is 0 Å². The van der Waals surface area contributed by atoms with E-state index in [4.69, 9.17) is 0 Å². The predicted molar refractivity (Wildman–Crippen MR) is 113 cm³/mol. The van der Waals surface area contributed by atoms with Gasteiger partial charge in [-0.05, 0) is 47.5 Å². The van der Waals surface area contributed by atoms with Crippen LogP contribution in [0, 0.1) is 0 Å². The molecule has 2 aromatic carbocycles. The summed E-state index contributed by atoms with van der Waals surface area (Å²) >= 11 is 0. The number of rotatable bonds is 3. The van der Waals surface area contributed by atoms with Crippen molar-refractivity contribution in [3.63, 3.8) is 0 Å². The number of benzene rings is 2. The first kappa shape index (κ1) is 24.2. The van der Waals surface area contributed by atoms with Crippen LogP contribution >= 0.6 is 0 Å². The Morgan fingerprint density at radius 1 is 0.943 bits per heavy atom. The molecule has 3 aromatic rings. The maximum atomic E-state index is 13.5. The highest BCUT2D eigenvalue weighted by atomic mass is 19.4. The summed E-state index contributed by atoms with van der Waals surface area (Å²) in [6.45, 7) is 0. The third kappa shape index (κ3) is 4.71. The molecule has 11 heteroatoms. The number of nitrogens with zero attached hydrogens (tertiary/aromatic N) is 2. The van der Waals surface area contributed by atoms with Gasteiger partial charge >= 0.3 is 12.4 Å². The molecule has 0 spiro atoms. The van der Waals surface area contributed by atoms with Crippen molar-refractivity contribution < 1.29 is 35.9 Å². The number of fused-ring (bicyclic) bond motifs is 1. The van der Waals surface area contributed by atoms with Crippen molar-refractivity contribution in [2.45, 2.75) is 24.3 Å². The van der Waals surface area contributed by atoms with E-state index in [1.54, 1.807) is 12.1 Å². The molecule has 0 fully saturated rings. The minimum Gasteiger partial charge on any atom is -0.334 e. The Morgan fingerprint density at radius 2 is 1.57 bits per heavy atom. The number of pyridine rings is 1. The number of aromatic nitrogens is 1. The van der Waals surface area contributed by atoms with E-state index < -0.39 is 52.8 Å². The second-order valence-corrected chi connectivity index (χ2v) is 8.00. The number of alkyl halides is 6. The van der Waals surface area contributed by atoms with Gasteiger partial charge in [0, 0.05) is 18.8 Å². The summed E-state index contributed by atoms with van der Waals surface area (Å²) in [7, 11) is 1.24. The predicted octanol–water partition coefficient (Wildman–Crippen LogP) is 5.67. The summed E-state index contributed by atoms with van der Waals surface area (Å²) < 4.78 is 81.2. The molecular weight excluding hydrogens is 476 g/mol. The zero-order valence-corrected chi connectivity index (χ0v) is 18.0. The first-order valence-corrected chi connectivity index (χ1v) is 10.2. The number of halogens is 6. The largest absolute Gasteiger partial charge is 0.416 e. The van der Waals surface area contributed by atoms with E-state index in [1.807, 2.05) is 0 Å². The molecule has 0 bridgehead atoms.